The molecule has 98 valence electrons. The van der Waals surface area contributed by atoms with E-state index in [1.54, 1.807) is 6.20 Å². The maximum Gasteiger partial charge on any atom is 0.221 e. The Morgan fingerprint density at radius 2 is 2.33 bits per heavy atom. The fourth-order valence-corrected chi connectivity index (χ4v) is 2.43. The van der Waals surface area contributed by atoms with Gasteiger partial charge in [-0.3, -0.25) is 14.7 Å². The first kappa shape index (κ1) is 13.0. The normalized spacial score (nSPS) is 15.6. The molecule has 1 aromatic heterocycles. The highest BCUT2D eigenvalue weighted by molar-refractivity contribution is 5.88. The van der Waals surface area contributed by atoms with Crippen LogP contribution in [0.5, 0.6) is 0 Å². The summed E-state index contributed by atoms with van der Waals surface area (Å²) in [7, 11) is 0. The monoisotopic (exact) mass is 247 g/mol. The van der Waals surface area contributed by atoms with Gasteiger partial charge >= 0.3 is 0 Å². The summed E-state index contributed by atoms with van der Waals surface area (Å²) in [6.45, 7) is 9.13. The predicted molar refractivity (Wildman–Crippen MR) is 72.4 cm³/mol. The van der Waals surface area contributed by atoms with Gasteiger partial charge in [-0.25, -0.2) is 0 Å². The Morgan fingerprint density at radius 3 is 3.00 bits per heavy atom. The number of nitrogens with one attached hydrogen (secondary N) is 1. The first-order valence-electron chi connectivity index (χ1n) is 6.52. The Morgan fingerprint density at radius 1 is 1.56 bits per heavy atom. The Bertz CT molecular complexity index is 443. The topological polar surface area (TPSA) is 45.2 Å². The SMILES string of the molecule is CC(=O)Nc1cnc2c(c1)CN(CC(C)C)CC2. The molecule has 2 heterocycles. The Labute approximate surface area is 108 Å². The largest absolute Gasteiger partial charge is 0.325 e. The van der Waals surface area contributed by atoms with E-state index in [1.807, 2.05) is 0 Å². The van der Waals surface area contributed by atoms with Crippen molar-refractivity contribution in [2.24, 2.45) is 5.92 Å². The summed E-state index contributed by atoms with van der Waals surface area (Å²) in [5.41, 5.74) is 3.21. The summed E-state index contributed by atoms with van der Waals surface area (Å²) in [5, 5.41) is 2.79. The standard InChI is InChI=1S/C14H21N3O/c1-10(2)8-17-5-4-14-12(9-17)6-13(7-15-14)16-11(3)18/h6-7,10H,4-5,8-9H2,1-3H3,(H,16,18). The maximum atomic E-state index is 11.0. The number of rotatable bonds is 3. The van der Waals surface area contributed by atoms with E-state index in [-0.39, 0.29) is 5.91 Å². The number of hydrogen-bond acceptors (Lipinski definition) is 3. The molecule has 2 rings (SSSR count). The second-order valence-corrected chi connectivity index (χ2v) is 5.39. The zero-order valence-electron chi connectivity index (χ0n) is 11.4. The zero-order chi connectivity index (χ0) is 13.1. The molecule has 4 heteroatoms. The number of anilines is 1. The molecule has 0 aromatic carbocycles. The third-order valence-electron chi connectivity index (χ3n) is 3.06. The molecule has 4 nitrogen and oxygen atoms in total. The van der Waals surface area contributed by atoms with E-state index in [0.717, 1.165) is 31.7 Å². The average molecular weight is 247 g/mol. The van der Waals surface area contributed by atoms with Crippen molar-refractivity contribution < 1.29 is 4.79 Å². The third-order valence-corrected chi connectivity index (χ3v) is 3.06. The fraction of sp³-hybridized carbons (Fsp3) is 0.571. The molecule has 1 aromatic rings. The number of carbonyl (C=O) groups excluding carboxylic acids is 1. The van der Waals surface area contributed by atoms with Gasteiger partial charge < -0.3 is 5.32 Å². The van der Waals surface area contributed by atoms with Crippen LogP contribution in [0.1, 0.15) is 32.0 Å². The summed E-state index contributed by atoms with van der Waals surface area (Å²) in [5.74, 6) is 0.629. The van der Waals surface area contributed by atoms with Gasteiger partial charge in [0, 0.05) is 38.7 Å². The molecule has 0 bridgehead atoms. The lowest BCUT2D eigenvalue weighted by atomic mass is 10.0. The molecule has 0 radical (unpaired) electrons. The fourth-order valence-electron chi connectivity index (χ4n) is 2.43. The van der Waals surface area contributed by atoms with E-state index in [1.165, 1.54) is 18.2 Å². The van der Waals surface area contributed by atoms with Crippen molar-refractivity contribution in [3.8, 4) is 0 Å². The number of pyridine rings is 1. The Hall–Kier alpha value is -1.42. The number of hydrogen-bond donors (Lipinski definition) is 1. The molecule has 1 N–H and O–H groups in total. The van der Waals surface area contributed by atoms with Crippen molar-refractivity contribution in [3.05, 3.63) is 23.5 Å². The summed E-state index contributed by atoms with van der Waals surface area (Å²) >= 11 is 0. The van der Waals surface area contributed by atoms with Gasteiger partial charge in [0.1, 0.15) is 0 Å². The molecule has 1 aliphatic heterocycles. The maximum absolute atomic E-state index is 11.0. The van der Waals surface area contributed by atoms with Crippen molar-refractivity contribution >= 4 is 11.6 Å². The molecular weight excluding hydrogens is 226 g/mol. The molecule has 0 unspecified atom stereocenters. The predicted octanol–water partition coefficient (Wildman–Crippen LogP) is 2.05. The Balaban J connectivity index is 2.11. The molecular formula is C14H21N3O. The van der Waals surface area contributed by atoms with Crippen molar-refractivity contribution in [1.82, 2.24) is 9.88 Å². The van der Waals surface area contributed by atoms with Gasteiger partial charge in [-0.1, -0.05) is 13.8 Å². The molecule has 18 heavy (non-hydrogen) atoms. The van der Waals surface area contributed by atoms with Crippen LogP contribution in [0.15, 0.2) is 12.3 Å². The average Bonchev–Trinajstić information content (AvgIpc) is 2.26. The number of amides is 1. The highest BCUT2D eigenvalue weighted by atomic mass is 16.1. The molecule has 0 aliphatic carbocycles. The van der Waals surface area contributed by atoms with Crippen LogP contribution in [0.2, 0.25) is 0 Å². The lowest BCUT2D eigenvalue weighted by molar-refractivity contribution is -0.114. The summed E-state index contributed by atoms with van der Waals surface area (Å²) in [4.78, 5) is 17.9. The zero-order valence-corrected chi connectivity index (χ0v) is 11.4. The van der Waals surface area contributed by atoms with E-state index >= 15 is 0 Å². The third kappa shape index (κ3) is 3.29. The van der Waals surface area contributed by atoms with Gasteiger partial charge in [-0.2, -0.15) is 0 Å². The van der Waals surface area contributed by atoms with Crippen LogP contribution in [-0.2, 0) is 17.8 Å². The van der Waals surface area contributed by atoms with Crippen LogP contribution in [-0.4, -0.2) is 28.9 Å². The van der Waals surface area contributed by atoms with E-state index < -0.39 is 0 Å². The highest BCUT2D eigenvalue weighted by Crippen LogP contribution is 2.21. The van der Waals surface area contributed by atoms with E-state index in [0.29, 0.717) is 5.92 Å². The highest BCUT2D eigenvalue weighted by Gasteiger charge is 2.18. The van der Waals surface area contributed by atoms with Gasteiger partial charge in [-0.15, -0.1) is 0 Å². The van der Waals surface area contributed by atoms with Crippen molar-refractivity contribution in [3.63, 3.8) is 0 Å². The van der Waals surface area contributed by atoms with Gasteiger partial charge in [0.15, 0.2) is 0 Å². The minimum absolute atomic E-state index is 0.0494. The minimum atomic E-state index is -0.0494. The Kier molecular flexibility index (Phi) is 3.97. The van der Waals surface area contributed by atoms with Gasteiger partial charge in [-0.05, 0) is 17.5 Å². The molecule has 0 saturated heterocycles. The number of fused-ring (bicyclic) bond motifs is 1. The van der Waals surface area contributed by atoms with Crippen LogP contribution in [0, 0.1) is 5.92 Å². The second-order valence-electron chi connectivity index (χ2n) is 5.39. The number of nitrogens with zero attached hydrogens (tertiary/aromatic N) is 2. The van der Waals surface area contributed by atoms with Crippen molar-refractivity contribution in [1.29, 1.82) is 0 Å². The first-order valence-corrected chi connectivity index (χ1v) is 6.52. The first-order chi connectivity index (χ1) is 8.54. The minimum Gasteiger partial charge on any atom is -0.325 e. The van der Waals surface area contributed by atoms with Crippen LogP contribution in [0.3, 0.4) is 0 Å². The smallest absolute Gasteiger partial charge is 0.221 e. The van der Waals surface area contributed by atoms with Gasteiger partial charge in [0.25, 0.3) is 0 Å². The molecule has 1 aliphatic rings. The van der Waals surface area contributed by atoms with E-state index in [9.17, 15) is 4.79 Å². The molecule has 1 amide bonds. The van der Waals surface area contributed by atoms with Crippen LogP contribution < -0.4 is 5.32 Å². The lowest BCUT2D eigenvalue weighted by Gasteiger charge is -2.29. The lowest BCUT2D eigenvalue weighted by Crippen LogP contribution is -2.33. The summed E-state index contributed by atoms with van der Waals surface area (Å²) < 4.78 is 0. The van der Waals surface area contributed by atoms with Crippen LogP contribution >= 0.6 is 0 Å². The van der Waals surface area contributed by atoms with Gasteiger partial charge in [0.05, 0.1) is 11.9 Å². The molecule has 0 fully saturated rings. The molecule has 0 saturated carbocycles. The van der Waals surface area contributed by atoms with Crippen molar-refractivity contribution in [2.45, 2.75) is 33.7 Å². The summed E-state index contributed by atoms with van der Waals surface area (Å²) in [6.07, 6.45) is 2.75. The quantitative estimate of drug-likeness (QED) is 0.889. The van der Waals surface area contributed by atoms with Crippen LogP contribution in [0.25, 0.3) is 0 Å². The molecule has 0 atom stereocenters. The molecule has 0 spiro atoms. The van der Waals surface area contributed by atoms with E-state index in [2.05, 4.69) is 35.1 Å². The van der Waals surface area contributed by atoms with Gasteiger partial charge in [0.2, 0.25) is 5.91 Å². The van der Waals surface area contributed by atoms with E-state index in [4.69, 9.17) is 0 Å². The number of carbonyl (C=O) groups is 1. The van der Waals surface area contributed by atoms with Crippen LogP contribution in [0.4, 0.5) is 5.69 Å². The summed E-state index contributed by atoms with van der Waals surface area (Å²) in [6, 6.07) is 2.05. The second kappa shape index (κ2) is 5.48. The van der Waals surface area contributed by atoms with Crippen molar-refractivity contribution in [2.75, 3.05) is 18.4 Å². The number of aromatic nitrogens is 1.